The second-order valence-electron chi connectivity index (χ2n) is 7.90. The van der Waals surface area contributed by atoms with Gasteiger partial charge in [-0.1, -0.05) is 52.5 Å². The molecule has 4 aromatic heterocycles. The van der Waals surface area contributed by atoms with Crippen LogP contribution in [0.2, 0.25) is 0 Å². The molecule has 5 heteroatoms. The normalized spacial score (nSPS) is 11.8. The van der Waals surface area contributed by atoms with E-state index in [9.17, 15) is 0 Å². The Morgan fingerprint density at radius 3 is 2.47 bits per heavy atom. The van der Waals surface area contributed by atoms with Crippen LogP contribution in [-0.4, -0.2) is 14.0 Å². The second kappa shape index (κ2) is 7.28. The van der Waals surface area contributed by atoms with Gasteiger partial charge in [-0.15, -0.1) is 5.39 Å². The molecule has 0 atom stereocenters. The number of aryl methyl sites for hydroxylation is 1. The zero-order valence-corrected chi connectivity index (χ0v) is 20.5. The van der Waals surface area contributed by atoms with Crippen LogP contribution in [0.4, 0.5) is 0 Å². The van der Waals surface area contributed by atoms with E-state index >= 15 is 0 Å². The minimum absolute atomic E-state index is 0. The minimum atomic E-state index is 0. The number of nitrogens with zero attached hydrogens (tertiary/aromatic N) is 3. The van der Waals surface area contributed by atoms with E-state index in [1.807, 2.05) is 11.6 Å². The first-order chi connectivity index (χ1) is 15.3. The quantitative estimate of drug-likeness (QED) is 0.189. The van der Waals surface area contributed by atoms with Crippen LogP contribution in [0.15, 0.2) is 78.3 Å². The summed E-state index contributed by atoms with van der Waals surface area (Å²) in [5.41, 5.74) is 7.02. The summed E-state index contributed by atoms with van der Waals surface area (Å²) >= 11 is 1.73. The summed E-state index contributed by atoms with van der Waals surface area (Å²) in [4.78, 5) is 4.84. The number of aromatic nitrogens is 3. The van der Waals surface area contributed by atoms with Gasteiger partial charge in [-0.2, -0.15) is 6.07 Å². The third-order valence-corrected chi connectivity index (χ3v) is 7.26. The van der Waals surface area contributed by atoms with Gasteiger partial charge in [0.05, 0.1) is 5.69 Å². The number of thiophene rings is 1. The smallest absolute Gasteiger partial charge is 0.0603 e. The molecule has 7 rings (SSSR count). The average molecular weight is 609 g/mol. The average Bonchev–Trinajstić information content (AvgIpc) is 3.54. The Kier molecular flexibility index (Phi) is 4.48. The van der Waals surface area contributed by atoms with Crippen LogP contribution in [0.3, 0.4) is 0 Å². The molecule has 0 aliphatic heterocycles. The van der Waals surface area contributed by atoms with Crippen molar-refractivity contribution in [1.82, 2.24) is 14.0 Å². The number of hydrogen-bond donors (Lipinski definition) is 0. The van der Waals surface area contributed by atoms with Crippen LogP contribution < -0.4 is 0 Å². The van der Waals surface area contributed by atoms with E-state index in [2.05, 4.69) is 88.7 Å². The fourth-order valence-electron chi connectivity index (χ4n) is 5.03. The van der Waals surface area contributed by atoms with Crippen molar-refractivity contribution >= 4 is 59.8 Å². The third kappa shape index (κ3) is 2.53. The summed E-state index contributed by atoms with van der Waals surface area (Å²) in [6.45, 7) is 3.16. The molecule has 157 valence electrons. The van der Waals surface area contributed by atoms with Gasteiger partial charge >= 0.3 is 0 Å². The molecule has 0 saturated carbocycles. The van der Waals surface area contributed by atoms with Crippen LogP contribution in [0, 0.1) is 6.07 Å². The first-order valence-corrected chi connectivity index (χ1v) is 11.4. The van der Waals surface area contributed by atoms with E-state index in [0.717, 1.165) is 23.3 Å². The van der Waals surface area contributed by atoms with E-state index in [1.54, 1.807) is 11.3 Å². The minimum Gasteiger partial charge on any atom is -0.347 e. The molecule has 0 aliphatic rings. The summed E-state index contributed by atoms with van der Waals surface area (Å²) in [6.07, 6.45) is 2.01. The molecule has 3 nitrogen and oxygen atoms in total. The van der Waals surface area contributed by atoms with Gasteiger partial charge in [0, 0.05) is 65.8 Å². The van der Waals surface area contributed by atoms with Crippen molar-refractivity contribution in [3.8, 4) is 11.3 Å². The van der Waals surface area contributed by atoms with Crippen LogP contribution in [-0.2, 0) is 26.7 Å². The van der Waals surface area contributed by atoms with E-state index in [0.29, 0.717) is 0 Å². The van der Waals surface area contributed by atoms with Gasteiger partial charge in [-0.3, -0.25) is 0 Å². The van der Waals surface area contributed by atoms with E-state index in [1.165, 1.54) is 43.0 Å². The van der Waals surface area contributed by atoms with Gasteiger partial charge in [0.25, 0.3) is 0 Å². The Bertz CT molecular complexity index is 1790. The summed E-state index contributed by atoms with van der Waals surface area (Å²) in [7, 11) is 0. The SMILES string of the molecule is CCn1c2ccccc2c2cc(-c3cnc4c5[c-]csc5c5ccccc5n34)ccc21.[Ir]. The first kappa shape index (κ1) is 19.7. The van der Waals surface area contributed by atoms with Crippen molar-refractivity contribution in [2.75, 3.05) is 0 Å². The number of fused-ring (bicyclic) bond motifs is 9. The maximum atomic E-state index is 4.84. The van der Waals surface area contributed by atoms with Crippen LogP contribution in [0.5, 0.6) is 0 Å². The Balaban J connectivity index is 0.00000196. The van der Waals surface area contributed by atoms with Crippen molar-refractivity contribution in [3.05, 3.63) is 84.4 Å². The maximum absolute atomic E-state index is 4.84. The fourth-order valence-corrected chi connectivity index (χ4v) is 5.89. The van der Waals surface area contributed by atoms with Crippen LogP contribution in [0.25, 0.3) is 59.7 Å². The van der Waals surface area contributed by atoms with Gasteiger partial charge in [0.15, 0.2) is 0 Å². The monoisotopic (exact) mass is 609 g/mol. The fraction of sp³-hybridized carbons (Fsp3) is 0.0741. The van der Waals surface area contributed by atoms with E-state index in [4.69, 9.17) is 4.98 Å². The number of pyridine rings is 1. The predicted molar refractivity (Wildman–Crippen MR) is 131 cm³/mol. The van der Waals surface area contributed by atoms with E-state index in [-0.39, 0.29) is 20.1 Å². The number of imidazole rings is 1. The van der Waals surface area contributed by atoms with Crippen molar-refractivity contribution in [1.29, 1.82) is 0 Å². The molecule has 1 radical (unpaired) electrons. The standard InChI is InChI=1S/C27H18N3S.Ir/c1-2-29-22-9-5-3-7-18(22)21-15-17(11-12-23(21)29)25-16-28-27-20-13-14-31-26(20)19-8-4-6-10-24(19)30(25)27;/h3-12,14-16H,2H2,1H3;/q-1;. The topological polar surface area (TPSA) is 22.2 Å². The van der Waals surface area contributed by atoms with Gasteiger partial charge in [0.1, 0.15) is 0 Å². The maximum Gasteiger partial charge on any atom is 0.0603 e. The van der Waals surface area contributed by atoms with Gasteiger partial charge in [0.2, 0.25) is 0 Å². The Labute approximate surface area is 202 Å². The third-order valence-electron chi connectivity index (χ3n) is 6.37. The van der Waals surface area contributed by atoms with Gasteiger partial charge < -0.3 is 14.0 Å². The van der Waals surface area contributed by atoms with Crippen LogP contribution in [0.1, 0.15) is 6.92 Å². The molecule has 7 aromatic rings. The molecule has 0 bridgehead atoms. The number of para-hydroxylation sites is 2. The van der Waals surface area contributed by atoms with Crippen molar-refractivity contribution < 1.29 is 20.1 Å². The molecule has 3 aromatic carbocycles. The molecular formula is C27H18IrN3S-. The van der Waals surface area contributed by atoms with Crippen molar-refractivity contribution in [3.63, 3.8) is 0 Å². The molecule has 0 aliphatic carbocycles. The Morgan fingerprint density at radius 1 is 0.875 bits per heavy atom. The molecule has 32 heavy (non-hydrogen) atoms. The molecular weight excluding hydrogens is 591 g/mol. The van der Waals surface area contributed by atoms with Crippen LogP contribution >= 0.6 is 11.3 Å². The zero-order chi connectivity index (χ0) is 20.5. The summed E-state index contributed by atoms with van der Waals surface area (Å²) in [5.74, 6) is 0. The van der Waals surface area contributed by atoms with Crippen molar-refractivity contribution in [2.45, 2.75) is 13.5 Å². The Morgan fingerprint density at radius 2 is 1.62 bits per heavy atom. The Hall–Kier alpha value is -2.98. The molecule has 0 amide bonds. The number of rotatable bonds is 2. The zero-order valence-electron chi connectivity index (χ0n) is 17.3. The summed E-state index contributed by atoms with van der Waals surface area (Å²) in [5, 5.41) is 6.97. The number of benzene rings is 3. The van der Waals surface area contributed by atoms with Gasteiger partial charge in [-0.05, 0) is 42.1 Å². The number of hydrogen-bond acceptors (Lipinski definition) is 2. The second-order valence-corrected chi connectivity index (χ2v) is 8.78. The molecule has 0 saturated heterocycles. The molecule has 0 fully saturated rings. The summed E-state index contributed by atoms with van der Waals surface area (Å²) in [6, 6.07) is 27.5. The molecule has 0 unspecified atom stereocenters. The molecule has 4 heterocycles. The van der Waals surface area contributed by atoms with E-state index < -0.39 is 0 Å². The van der Waals surface area contributed by atoms with Crippen molar-refractivity contribution in [2.24, 2.45) is 0 Å². The first-order valence-electron chi connectivity index (χ1n) is 10.5. The van der Waals surface area contributed by atoms with Gasteiger partial charge in [-0.25, -0.2) is 11.3 Å². The molecule has 0 spiro atoms. The largest absolute Gasteiger partial charge is 0.347 e. The predicted octanol–water partition coefficient (Wildman–Crippen LogP) is 7.29. The summed E-state index contributed by atoms with van der Waals surface area (Å²) < 4.78 is 5.94. The molecule has 0 N–H and O–H groups in total.